The lowest BCUT2D eigenvalue weighted by Gasteiger charge is -2.43. The standard InChI is InChI=1S/C29H38N8O3S/c1-40-26-19-23(37-17-15-36(16-18-37)22-11-13-35(14-12-22)21-7-8-21)9-10-24(26)32-28-30-20-31-29(34-28)33-25-5-3-4-6-27(25)41(2,38)39/h3-6,9-10,19-22H,7-8,11-18H2,1-2H3,(H2,30,31,32,33,34). The van der Waals surface area contributed by atoms with Crippen LogP contribution in [0.5, 0.6) is 5.75 Å². The number of ether oxygens (including phenoxy) is 1. The average molecular weight is 579 g/mol. The molecule has 11 nitrogen and oxygen atoms in total. The molecule has 0 spiro atoms. The molecule has 41 heavy (non-hydrogen) atoms. The number of hydrogen-bond donors (Lipinski definition) is 2. The highest BCUT2D eigenvalue weighted by Crippen LogP contribution is 2.33. The molecule has 12 heteroatoms. The van der Waals surface area contributed by atoms with Gasteiger partial charge in [-0.3, -0.25) is 4.90 Å². The van der Waals surface area contributed by atoms with Crippen LogP contribution in [-0.2, 0) is 9.84 Å². The Kier molecular flexibility index (Phi) is 7.96. The van der Waals surface area contributed by atoms with Crippen molar-refractivity contribution in [3.05, 3.63) is 48.8 Å². The van der Waals surface area contributed by atoms with Crippen molar-refractivity contribution in [2.24, 2.45) is 0 Å². The topological polar surface area (TPSA) is 116 Å². The van der Waals surface area contributed by atoms with E-state index in [-0.39, 0.29) is 10.8 Å². The van der Waals surface area contributed by atoms with Crippen molar-refractivity contribution in [3.8, 4) is 5.75 Å². The summed E-state index contributed by atoms with van der Waals surface area (Å²) in [5.41, 5.74) is 2.26. The van der Waals surface area contributed by atoms with E-state index in [1.54, 1.807) is 31.4 Å². The molecule has 1 aliphatic carbocycles. The van der Waals surface area contributed by atoms with Crippen molar-refractivity contribution < 1.29 is 13.2 Å². The van der Waals surface area contributed by atoms with Crippen LogP contribution < -0.4 is 20.3 Å². The molecule has 1 saturated carbocycles. The average Bonchev–Trinajstić information content (AvgIpc) is 3.83. The quantitative estimate of drug-likeness (QED) is 0.389. The van der Waals surface area contributed by atoms with Crippen molar-refractivity contribution in [2.75, 3.05) is 68.2 Å². The van der Waals surface area contributed by atoms with E-state index >= 15 is 0 Å². The molecule has 2 saturated heterocycles. The number of anilines is 5. The molecule has 2 aliphatic heterocycles. The third-order valence-corrected chi connectivity index (χ3v) is 9.45. The molecule has 0 radical (unpaired) electrons. The fraction of sp³-hybridized carbons (Fsp3) is 0.483. The van der Waals surface area contributed by atoms with Crippen LogP contribution in [0.25, 0.3) is 0 Å². The Morgan fingerprint density at radius 3 is 2.10 bits per heavy atom. The normalized spacial score (nSPS) is 19.2. The largest absolute Gasteiger partial charge is 0.494 e. The van der Waals surface area contributed by atoms with Gasteiger partial charge in [0, 0.05) is 56.3 Å². The minimum atomic E-state index is -3.42. The first-order valence-electron chi connectivity index (χ1n) is 14.3. The second-order valence-electron chi connectivity index (χ2n) is 11.1. The van der Waals surface area contributed by atoms with Crippen LogP contribution in [0.3, 0.4) is 0 Å². The number of aromatic nitrogens is 3. The van der Waals surface area contributed by atoms with Crippen molar-refractivity contribution >= 4 is 38.8 Å². The number of sulfone groups is 1. The van der Waals surface area contributed by atoms with Gasteiger partial charge in [-0.15, -0.1) is 0 Å². The van der Waals surface area contributed by atoms with Crippen molar-refractivity contribution in [1.82, 2.24) is 24.8 Å². The van der Waals surface area contributed by atoms with Gasteiger partial charge < -0.3 is 25.2 Å². The van der Waals surface area contributed by atoms with E-state index in [4.69, 9.17) is 4.74 Å². The van der Waals surface area contributed by atoms with Crippen LogP contribution in [0, 0.1) is 0 Å². The summed E-state index contributed by atoms with van der Waals surface area (Å²) in [7, 11) is -1.77. The summed E-state index contributed by atoms with van der Waals surface area (Å²) >= 11 is 0. The first-order chi connectivity index (χ1) is 19.9. The van der Waals surface area contributed by atoms with Gasteiger partial charge in [0.05, 0.1) is 23.4 Å². The van der Waals surface area contributed by atoms with Crippen LogP contribution >= 0.6 is 0 Å². The maximum atomic E-state index is 12.2. The zero-order valence-corrected chi connectivity index (χ0v) is 24.5. The van der Waals surface area contributed by atoms with Gasteiger partial charge in [0.1, 0.15) is 12.1 Å². The first kappa shape index (κ1) is 27.7. The minimum Gasteiger partial charge on any atom is -0.494 e. The number of likely N-dealkylation sites (tertiary alicyclic amines) is 1. The number of benzene rings is 2. The molecule has 2 N–H and O–H groups in total. The molecule has 0 amide bonds. The number of nitrogens with zero attached hydrogens (tertiary/aromatic N) is 6. The van der Waals surface area contributed by atoms with Gasteiger partial charge in [-0.1, -0.05) is 12.1 Å². The SMILES string of the molecule is COc1cc(N2CCN(C3CCN(C4CC4)CC3)CC2)ccc1Nc1ncnc(Nc2ccccc2S(C)(=O)=O)n1. The first-order valence-corrected chi connectivity index (χ1v) is 16.2. The molecule has 2 aromatic carbocycles. The van der Waals surface area contributed by atoms with Gasteiger partial charge >= 0.3 is 0 Å². The summed E-state index contributed by atoms with van der Waals surface area (Å²) in [6.45, 7) is 6.67. The molecule has 3 heterocycles. The number of para-hydroxylation sites is 1. The predicted octanol–water partition coefficient (Wildman–Crippen LogP) is 3.52. The van der Waals surface area contributed by atoms with Crippen LogP contribution in [0.15, 0.2) is 53.7 Å². The fourth-order valence-corrected chi connectivity index (χ4v) is 6.78. The van der Waals surface area contributed by atoms with Crippen molar-refractivity contribution in [3.63, 3.8) is 0 Å². The Bertz CT molecular complexity index is 1470. The predicted molar refractivity (Wildman–Crippen MR) is 160 cm³/mol. The molecule has 3 fully saturated rings. The van der Waals surface area contributed by atoms with E-state index in [1.165, 1.54) is 51.4 Å². The van der Waals surface area contributed by atoms with E-state index < -0.39 is 9.84 Å². The van der Waals surface area contributed by atoms with E-state index in [0.717, 1.165) is 43.6 Å². The monoisotopic (exact) mass is 578 g/mol. The zero-order chi connectivity index (χ0) is 28.4. The second-order valence-corrected chi connectivity index (χ2v) is 13.0. The lowest BCUT2D eigenvalue weighted by atomic mass is 10.0. The highest BCUT2D eigenvalue weighted by Gasteiger charge is 2.34. The molecule has 218 valence electrons. The van der Waals surface area contributed by atoms with E-state index in [2.05, 4.69) is 52.4 Å². The Balaban J connectivity index is 1.08. The highest BCUT2D eigenvalue weighted by atomic mass is 32.2. The van der Waals surface area contributed by atoms with Crippen molar-refractivity contribution in [1.29, 1.82) is 0 Å². The summed E-state index contributed by atoms with van der Waals surface area (Å²) in [5.74, 6) is 1.23. The lowest BCUT2D eigenvalue weighted by Crippen LogP contribution is -2.53. The van der Waals surface area contributed by atoms with Gasteiger partial charge in [-0.25, -0.2) is 18.4 Å². The summed E-state index contributed by atoms with van der Waals surface area (Å²) < 4.78 is 30.0. The molecule has 6 rings (SSSR count). The molecule has 0 unspecified atom stereocenters. The third kappa shape index (κ3) is 6.55. The fourth-order valence-electron chi connectivity index (χ4n) is 5.93. The Labute approximate surface area is 241 Å². The molecular weight excluding hydrogens is 540 g/mol. The number of piperazine rings is 1. The molecule has 3 aromatic rings. The summed E-state index contributed by atoms with van der Waals surface area (Å²) in [4.78, 5) is 20.8. The Morgan fingerprint density at radius 2 is 1.44 bits per heavy atom. The maximum Gasteiger partial charge on any atom is 0.232 e. The minimum absolute atomic E-state index is 0.173. The summed E-state index contributed by atoms with van der Waals surface area (Å²) in [6.07, 6.45) is 7.93. The second kappa shape index (κ2) is 11.8. The highest BCUT2D eigenvalue weighted by molar-refractivity contribution is 7.90. The van der Waals surface area contributed by atoms with E-state index in [9.17, 15) is 8.42 Å². The van der Waals surface area contributed by atoms with Crippen LogP contribution in [0.1, 0.15) is 25.7 Å². The van der Waals surface area contributed by atoms with Crippen LogP contribution in [0.4, 0.5) is 29.0 Å². The molecule has 1 aromatic heterocycles. The molecule has 0 atom stereocenters. The van der Waals surface area contributed by atoms with E-state index in [1.807, 2.05) is 6.07 Å². The van der Waals surface area contributed by atoms with Crippen LogP contribution in [-0.4, -0.2) is 97.9 Å². The lowest BCUT2D eigenvalue weighted by molar-refractivity contribution is 0.0995. The van der Waals surface area contributed by atoms with Gasteiger partial charge in [-0.2, -0.15) is 4.98 Å². The van der Waals surface area contributed by atoms with Gasteiger partial charge in [0.15, 0.2) is 9.84 Å². The third-order valence-electron chi connectivity index (χ3n) is 8.29. The van der Waals surface area contributed by atoms with Crippen LogP contribution in [0.2, 0.25) is 0 Å². The van der Waals surface area contributed by atoms with Gasteiger partial charge in [0.25, 0.3) is 0 Å². The number of nitrogens with one attached hydrogen (secondary N) is 2. The molecule has 3 aliphatic rings. The summed E-state index contributed by atoms with van der Waals surface area (Å²) in [6, 6.07) is 14.4. The van der Waals surface area contributed by atoms with Gasteiger partial charge in [-0.05, 0) is 63.0 Å². The number of methoxy groups -OCH3 is 1. The maximum absolute atomic E-state index is 12.2. The molecular formula is C29H38N8O3S. The summed E-state index contributed by atoms with van der Waals surface area (Å²) in [5, 5.41) is 6.21. The number of piperidine rings is 1. The smallest absolute Gasteiger partial charge is 0.232 e. The zero-order valence-electron chi connectivity index (χ0n) is 23.7. The Hall–Kier alpha value is -3.48. The van der Waals surface area contributed by atoms with Gasteiger partial charge in [0.2, 0.25) is 11.9 Å². The number of hydrogen-bond acceptors (Lipinski definition) is 11. The van der Waals surface area contributed by atoms with Crippen molar-refractivity contribution in [2.45, 2.75) is 42.7 Å². The Morgan fingerprint density at radius 1 is 0.805 bits per heavy atom. The molecule has 0 bridgehead atoms. The van der Waals surface area contributed by atoms with E-state index in [0.29, 0.717) is 23.4 Å². The number of rotatable bonds is 9.